The van der Waals surface area contributed by atoms with Crippen LogP contribution in [0.4, 0.5) is 4.39 Å². The normalized spacial score (nSPS) is 10.1. The van der Waals surface area contributed by atoms with Gasteiger partial charge in [0, 0.05) is 12.1 Å². The lowest BCUT2D eigenvalue weighted by atomic mass is 10.1. The highest BCUT2D eigenvalue weighted by Gasteiger charge is 2.04. The Labute approximate surface area is 105 Å². The highest BCUT2D eigenvalue weighted by molar-refractivity contribution is 5.94. The van der Waals surface area contributed by atoms with Crippen molar-refractivity contribution in [2.75, 3.05) is 0 Å². The van der Waals surface area contributed by atoms with Gasteiger partial charge in [-0.3, -0.25) is 4.79 Å². The zero-order valence-corrected chi connectivity index (χ0v) is 10.1. The molecule has 2 rings (SSSR count). The van der Waals surface area contributed by atoms with Gasteiger partial charge < -0.3 is 5.32 Å². The largest absolute Gasteiger partial charge is 0.348 e. The van der Waals surface area contributed by atoms with E-state index in [1.165, 1.54) is 12.1 Å². The minimum absolute atomic E-state index is 0.122. The topological polar surface area (TPSA) is 29.1 Å². The summed E-state index contributed by atoms with van der Waals surface area (Å²) >= 11 is 0. The fourth-order valence-electron chi connectivity index (χ4n) is 1.67. The van der Waals surface area contributed by atoms with Crippen molar-refractivity contribution >= 4 is 5.91 Å². The average molecular weight is 243 g/mol. The fourth-order valence-corrected chi connectivity index (χ4v) is 1.67. The zero-order chi connectivity index (χ0) is 13.0. The number of carbonyl (C=O) groups excluding carboxylic acids is 1. The van der Waals surface area contributed by atoms with Crippen LogP contribution in [0.2, 0.25) is 0 Å². The number of benzene rings is 2. The van der Waals surface area contributed by atoms with E-state index < -0.39 is 0 Å². The van der Waals surface area contributed by atoms with Gasteiger partial charge in [-0.15, -0.1) is 0 Å². The molecule has 0 aliphatic heterocycles. The molecule has 0 heterocycles. The molecule has 2 aromatic rings. The van der Waals surface area contributed by atoms with Crippen LogP contribution >= 0.6 is 0 Å². The van der Waals surface area contributed by atoms with Gasteiger partial charge in [0.25, 0.3) is 5.91 Å². The molecule has 0 saturated carbocycles. The summed E-state index contributed by atoms with van der Waals surface area (Å²) in [4.78, 5) is 11.9. The van der Waals surface area contributed by atoms with Crippen LogP contribution in [0.3, 0.4) is 0 Å². The molecule has 0 aliphatic carbocycles. The summed E-state index contributed by atoms with van der Waals surface area (Å²) in [6, 6.07) is 13.5. The van der Waals surface area contributed by atoms with E-state index in [1.807, 2.05) is 25.1 Å². The lowest BCUT2D eigenvalue weighted by molar-refractivity contribution is 0.0951. The van der Waals surface area contributed by atoms with E-state index >= 15 is 0 Å². The van der Waals surface area contributed by atoms with Crippen LogP contribution in [0.5, 0.6) is 0 Å². The van der Waals surface area contributed by atoms with Gasteiger partial charge in [-0.05, 0) is 36.8 Å². The number of amides is 1. The molecular weight excluding hydrogens is 229 g/mol. The first-order valence-corrected chi connectivity index (χ1v) is 5.74. The fraction of sp³-hybridized carbons (Fsp3) is 0.133. The molecule has 3 heteroatoms. The van der Waals surface area contributed by atoms with Crippen LogP contribution < -0.4 is 5.32 Å². The Morgan fingerprint density at radius 1 is 1.17 bits per heavy atom. The summed E-state index contributed by atoms with van der Waals surface area (Å²) in [6.07, 6.45) is 0. The minimum Gasteiger partial charge on any atom is -0.348 e. The SMILES string of the molecule is Cc1cccc(C(=O)NCc2ccc(F)cc2)c1. The summed E-state index contributed by atoms with van der Waals surface area (Å²) in [6.45, 7) is 2.34. The summed E-state index contributed by atoms with van der Waals surface area (Å²) < 4.78 is 12.7. The van der Waals surface area contributed by atoms with E-state index in [4.69, 9.17) is 0 Å². The van der Waals surface area contributed by atoms with Crippen molar-refractivity contribution in [2.24, 2.45) is 0 Å². The van der Waals surface area contributed by atoms with E-state index in [0.717, 1.165) is 11.1 Å². The lowest BCUT2D eigenvalue weighted by Gasteiger charge is -2.06. The molecule has 92 valence electrons. The van der Waals surface area contributed by atoms with Crippen molar-refractivity contribution in [1.82, 2.24) is 5.32 Å². The molecule has 18 heavy (non-hydrogen) atoms. The van der Waals surface area contributed by atoms with Gasteiger partial charge in [-0.1, -0.05) is 29.8 Å². The number of carbonyl (C=O) groups is 1. The monoisotopic (exact) mass is 243 g/mol. The van der Waals surface area contributed by atoms with Crippen LogP contribution in [0.25, 0.3) is 0 Å². The van der Waals surface area contributed by atoms with Crippen LogP contribution in [0.1, 0.15) is 21.5 Å². The summed E-state index contributed by atoms with van der Waals surface area (Å²) in [5, 5.41) is 2.80. The molecule has 0 aromatic heterocycles. The van der Waals surface area contributed by atoms with Gasteiger partial charge in [0.2, 0.25) is 0 Å². The molecule has 0 spiro atoms. The first-order chi connectivity index (χ1) is 8.65. The number of hydrogen-bond acceptors (Lipinski definition) is 1. The van der Waals surface area contributed by atoms with Crippen LogP contribution in [-0.2, 0) is 6.54 Å². The van der Waals surface area contributed by atoms with E-state index in [9.17, 15) is 9.18 Å². The Bertz CT molecular complexity index is 549. The molecule has 1 N–H and O–H groups in total. The van der Waals surface area contributed by atoms with Crippen molar-refractivity contribution in [3.63, 3.8) is 0 Å². The molecule has 2 aromatic carbocycles. The molecule has 0 radical (unpaired) electrons. The Morgan fingerprint density at radius 2 is 1.89 bits per heavy atom. The molecule has 0 aliphatic rings. The van der Waals surface area contributed by atoms with E-state index in [2.05, 4.69) is 5.32 Å². The molecule has 0 saturated heterocycles. The molecule has 0 bridgehead atoms. The maximum Gasteiger partial charge on any atom is 0.251 e. The van der Waals surface area contributed by atoms with Gasteiger partial charge >= 0.3 is 0 Å². The third kappa shape index (κ3) is 3.17. The smallest absolute Gasteiger partial charge is 0.251 e. The molecular formula is C15H14FNO. The first-order valence-electron chi connectivity index (χ1n) is 5.74. The zero-order valence-electron chi connectivity index (χ0n) is 10.1. The second-order valence-electron chi connectivity index (χ2n) is 4.18. The quantitative estimate of drug-likeness (QED) is 0.882. The van der Waals surface area contributed by atoms with Crippen LogP contribution in [0.15, 0.2) is 48.5 Å². The summed E-state index contributed by atoms with van der Waals surface area (Å²) in [5.41, 5.74) is 2.55. The van der Waals surface area contributed by atoms with E-state index in [1.54, 1.807) is 18.2 Å². The van der Waals surface area contributed by atoms with Crippen LogP contribution in [0, 0.1) is 12.7 Å². The predicted molar refractivity (Wildman–Crippen MR) is 68.7 cm³/mol. The molecule has 0 fully saturated rings. The van der Waals surface area contributed by atoms with Gasteiger partial charge in [-0.2, -0.15) is 0 Å². The second kappa shape index (κ2) is 5.45. The Balaban J connectivity index is 1.98. The predicted octanol–water partition coefficient (Wildman–Crippen LogP) is 3.06. The Hall–Kier alpha value is -2.16. The molecule has 0 unspecified atom stereocenters. The third-order valence-electron chi connectivity index (χ3n) is 2.65. The summed E-state index contributed by atoms with van der Waals surface area (Å²) in [5.74, 6) is -0.396. The minimum atomic E-state index is -0.274. The maximum absolute atomic E-state index is 12.7. The van der Waals surface area contributed by atoms with Crippen LogP contribution in [-0.4, -0.2) is 5.91 Å². The van der Waals surface area contributed by atoms with Gasteiger partial charge in [0.1, 0.15) is 5.82 Å². The number of rotatable bonds is 3. The van der Waals surface area contributed by atoms with Crippen molar-refractivity contribution in [1.29, 1.82) is 0 Å². The number of halogens is 1. The third-order valence-corrected chi connectivity index (χ3v) is 2.65. The molecule has 1 amide bonds. The van der Waals surface area contributed by atoms with E-state index in [-0.39, 0.29) is 11.7 Å². The lowest BCUT2D eigenvalue weighted by Crippen LogP contribution is -2.22. The van der Waals surface area contributed by atoms with Crippen molar-refractivity contribution in [3.8, 4) is 0 Å². The summed E-state index contributed by atoms with van der Waals surface area (Å²) in [7, 11) is 0. The van der Waals surface area contributed by atoms with Gasteiger partial charge in [0.05, 0.1) is 0 Å². The molecule has 2 nitrogen and oxygen atoms in total. The van der Waals surface area contributed by atoms with Crippen molar-refractivity contribution < 1.29 is 9.18 Å². The Morgan fingerprint density at radius 3 is 2.56 bits per heavy atom. The Kier molecular flexibility index (Phi) is 3.72. The highest BCUT2D eigenvalue weighted by Crippen LogP contribution is 2.05. The first kappa shape index (κ1) is 12.3. The van der Waals surface area contributed by atoms with Crippen molar-refractivity contribution in [2.45, 2.75) is 13.5 Å². The van der Waals surface area contributed by atoms with Gasteiger partial charge in [-0.25, -0.2) is 4.39 Å². The number of nitrogens with one attached hydrogen (secondary N) is 1. The molecule has 0 atom stereocenters. The number of hydrogen-bond donors (Lipinski definition) is 1. The van der Waals surface area contributed by atoms with E-state index in [0.29, 0.717) is 12.1 Å². The highest BCUT2D eigenvalue weighted by atomic mass is 19.1. The second-order valence-corrected chi connectivity index (χ2v) is 4.18. The number of aryl methyl sites for hydroxylation is 1. The average Bonchev–Trinajstić information content (AvgIpc) is 2.38. The van der Waals surface area contributed by atoms with Gasteiger partial charge in [0.15, 0.2) is 0 Å². The maximum atomic E-state index is 12.7. The standard InChI is InChI=1S/C15H14FNO/c1-11-3-2-4-13(9-11)15(18)17-10-12-5-7-14(16)8-6-12/h2-9H,10H2,1H3,(H,17,18). The van der Waals surface area contributed by atoms with Crippen molar-refractivity contribution in [3.05, 3.63) is 71.0 Å².